The molecule has 0 saturated carbocycles. The second kappa shape index (κ2) is 7.73. The number of H-pyrrole nitrogens is 1. The van der Waals surface area contributed by atoms with Gasteiger partial charge in [-0.1, -0.05) is 35.4 Å². The topological polar surface area (TPSA) is 108 Å². The third kappa shape index (κ3) is 3.69. The molecular weight excluding hydrogens is 420 g/mol. The molecule has 1 aliphatic rings. The number of aromatic nitrogens is 2. The Labute approximate surface area is 181 Å². The summed E-state index contributed by atoms with van der Waals surface area (Å²) in [5.74, 6) is -1.07. The standard InChI is InChI=1S/C22H17ClN4O4/c1-12-6-8-15(9-7-12)26-20(29)18(19(28)24-22(26)31)11-17-13(2)25-27(21(17)30)16-5-3-4-14(23)10-16/h3-11,29H,1-2H3,(H,24,28,31). The summed E-state index contributed by atoms with van der Waals surface area (Å²) in [6.07, 6.45) is 1.23. The number of aromatic hydroxyl groups is 1. The zero-order chi connectivity index (χ0) is 22.3. The molecule has 0 bridgehead atoms. The lowest BCUT2D eigenvalue weighted by Crippen LogP contribution is -2.30. The van der Waals surface area contributed by atoms with Crippen molar-refractivity contribution in [2.45, 2.75) is 13.8 Å². The van der Waals surface area contributed by atoms with Gasteiger partial charge in [-0.2, -0.15) is 10.1 Å². The molecule has 2 N–H and O–H groups in total. The Kier molecular flexibility index (Phi) is 5.08. The van der Waals surface area contributed by atoms with E-state index in [1.165, 1.54) is 6.08 Å². The number of aromatic amines is 1. The highest BCUT2D eigenvalue weighted by atomic mass is 35.5. The number of carbonyl (C=O) groups excluding carboxylic acids is 1. The van der Waals surface area contributed by atoms with Gasteiger partial charge in [-0.3, -0.25) is 14.6 Å². The Morgan fingerprint density at radius 3 is 2.42 bits per heavy atom. The normalized spacial score (nSPS) is 14.9. The maximum Gasteiger partial charge on any atom is 0.335 e. The molecule has 4 rings (SSSR count). The van der Waals surface area contributed by atoms with Crippen molar-refractivity contribution in [3.8, 4) is 11.6 Å². The van der Waals surface area contributed by atoms with Gasteiger partial charge in [0.1, 0.15) is 5.56 Å². The number of nitrogens with zero attached hydrogens (tertiary/aromatic N) is 3. The molecule has 156 valence electrons. The molecule has 2 heterocycles. The van der Waals surface area contributed by atoms with E-state index in [0.717, 1.165) is 15.1 Å². The molecule has 0 fully saturated rings. The molecule has 0 saturated heterocycles. The first-order valence-corrected chi connectivity index (χ1v) is 9.66. The van der Waals surface area contributed by atoms with Crippen molar-refractivity contribution in [3.63, 3.8) is 0 Å². The van der Waals surface area contributed by atoms with E-state index >= 15 is 0 Å². The van der Waals surface area contributed by atoms with Gasteiger partial charge in [0.05, 0.1) is 22.7 Å². The smallest absolute Gasteiger partial charge is 0.335 e. The van der Waals surface area contributed by atoms with Gasteiger partial charge in [0.2, 0.25) is 5.88 Å². The number of hydrazone groups is 1. The zero-order valence-corrected chi connectivity index (χ0v) is 17.3. The number of rotatable bonds is 3. The van der Waals surface area contributed by atoms with Gasteiger partial charge in [-0.25, -0.2) is 9.36 Å². The maximum atomic E-state index is 13.0. The molecule has 0 unspecified atom stereocenters. The number of hydrogen-bond donors (Lipinski definition) is 2. The predicted molar refractivity (Wildman–Crippen MR) is 119 cm³/mol. The maximum absolute atomic E-state index is 13.0. The fourth-order valence-electron chi connectivity index (χ4n) is 3.21. The van der Waals surface area contributed by atoms with Crippen LogP contribution in [-0.4, -0.2) is 26.3 Å². The Hall–Kier alpha value is -3.91. The second-order valence-corrected chi connectivity index (χ2v) is 7.44. The van der Waals surface area contributed by atoms with Crippen LogP contribution in [0, 0.1) is 6.92 Å². The van der Waals surface area contributed by atoms with Crippen LogP contribution in [0.4, 0.5) is 5.69 Å². The van der Waals surface area contributed by atoms with Crippen molar-refractivity contribution in [3.05, 3.63) is 91.1 Å². The molecule has 1 aromatic heterocycles. The Morgan fingerprint density at radius 1 is 1.03 bits per heavy atom. The first-order chi connectivity index (χ1) is 14.8. The molecule has 0 atom stereocenters. The van der Waals surface area contributed by atoms with Gasteiger partial charge in [-0.15, -0.1) is 0 Å². The number of halogens is 1. The van der Waals surface area contributed by atoms with Gasteiger partial charge in [0.15, 0.2) is 0 Å². The minimum atomic E-state index is -0.819. The fraction of sp³-hybridized carbons (Fsp3) is 0.0909. The minimum absolute atomic E-state index is 0.106. The third-order valence-electron chi connectivity index (χ3n) is 4.82. The molecule has 3 aromatic rings. The Morgan fingerprint density at radius 2 is 1.74 bits per heavy atom. The van der Waals surface area contributed by atoms with E-state index in [9.17, 15) is 19.5 Å². The highest BCUT2D eigenvalue weighted by Crippen LogP contribution is 2.28. The lowest BCUT2D eigenvalue weighted by molar-refractivity contribution is -0.114. The lowest BCUT2D eigenvalue weighted by Gasteiger charge is -2.12. The SMILES string of the molecule is CC1=NN(c2cccc(Cl)c2)C(=O)C1=Cc1c(O)n(-c2ccc(C)cc2)c(=O)[nH]c1=O. The summed E-state index contributed by atoms with van der Waals surface area (Å²) in [6.45, 7) is 3.49. The zero-order valence-electron chi connectivity index (χ0n) is 16.6. The molecule has 0 radical (unpaired) electrons. The van der Waals surface area contributed by atoms with Gasteiger partial charge in [0, 0.05) is 5.02 Å². The van der Waals surface area contributed by atoms with E-state index in [-0.39, 0.29) is 11.1 Å². The first-order valence-electron chi connectivity index (χ1n) is 9.29. The highest BCUT2D eigenvalue weighted by Gasteiger charge is 2.30. The number of hydrogen-bond acceptors (Lipinski definition) is 5. The first kappa shape index (κ1) is 20.4. The van der Waals surface area contributed by atoms with Crippen molar-refractivity contribution in [1.82, 2.24) is 9.55 Å². The average molecular weight is 437 g/mol. The van der Waals surface area contributed by atoms with Crippen LogP contribution in [0.1, 0.15) is 18.1 Å². The quantitative estimate of drug-likeness (QED) is 0.615. The molecule has 1 aliphatic heterocycles. The van der Waals surface area contributed by atoms with E-state index < -0.39 is 23.0 Å². The summed E-state index contributed by atoms with van der Waals surface area (Å²) in [5, 5.41) is 16.6. The van der Waals surface area contributed by atoms with Crippen molar-refractivity contribution in [1.29, 1.82) is 0 Å². The van der Waals surface area contributed by atoms with Crippen LogP contribution in [0.5, 0.6) is 5.88 Å². The highest BCUT2D eigenvalue weighted by molar-refractivity contribution is 6.33. The number of nitrogens with one attached hydrogen (secondary N) is 1. The number of anilines is 1. The van der Waals surface area contributed by atoms with Crippen LogP contribution < -0.4 is 16.3 Å². The molecule has 31 heavy (non-hydrogen) atoms. The van der Waals surface area contributed by atoms with Crippen molar-refractivity contribution < 1.29 is 9.90 Å². The van der Waals surface area contributed by atoms with Crippen LogP contribution in [0.25, 0.3) is 11.8 Å². The average Bonchev–Trinajstić information content (AvgIpc) is 3.00. The summed E-state index contributed by atoms with van der Waals surface area (Å²) in [4.78, 5) is 39.9. The Bertz CT molecular complexity index is 1380. The van der Waals surface area contributed by atoms with E-state index in [1.807, 2.05) is 6.92 Å². The monoisotopic (exact) mass is 436 g/mol. The molecule has 0 spiro atoms. The lowest BCUT2D eigenvalue weighted by atomic mass is 10.1. The number of aryl methyl sites for hydroxylation is 1. The van der Waals surface area contributed by atoms with Crippen LogP contribution in [0.15, 0.2) is 68.8 Å². The van der Waals surface area contributed by atoms with Gasteiger partial charge < -0.3 is 5.11 Å². The van der Waals surface area contributed by atoms with Gasteiger partial charge in [-0.05, 0) is 50.3 Å². The molecule has 0 aliphatic carbocycles. The van der Waals surface area contributed by atoms with Crippen LogP contribution in [0.3, 0.4) is 0 Å². The third-order valence-corrected chi connectivity index (χ3v) is 5.05. The summed E-state index contributed by atoms with van der Waals surface area (Å²) in [5.41, 5.74) is 0.401. The summed E-state index contributed by atoms with van der Waals surface area (Å²) in [7, 11) is 0. The predicted octanol–water partition coefficient (Wildman–Crippen LogP) is 3.00. The largest absolute Gasteiger partial charge is 0.494 e. The van der Waals surface area contributed by atoms with Crippen molar-refractivity contribution in [2.75, 3.05) is 5.01 Å². The number of carbonyl (C=O) groups is 1. The van der Waals surface area contributed by atoms with Crippen molar-refractivity contribution in [2.24, 2.45) is 5.10 Å². The summed E-state index contributed by atoms with van der Waals surface area (Å²) < 4.78 is 0.966. The Balaban J connectivity index is 1.82. The van der Waals surface area contributed by atoms with E-state index in [2.05, 4.69) is 10.1 Å². The second-order valence-electron chi connectivity index (χ2n) is 7.01. The van der Waals surface area contributed by atoms with E-state index in [0.29, 0.717) is 22.1 Å². The fourth-order valence-corrected chi connectivity index (χ4v) is 3.40. The van der Waals surface area contributed by atoms with Crippen molar-refractivity contribution >= 4 is 35.0 Å². The number of benzene rings is 2. The molecule has 1 amide bonds. The van der Waals surface area contributed by atoms with E-state index in [1.54, 1.807) is 55.5 Å². The van der Waals surface area contributed by atoms with Crippen LogP contribution >= 0.6 is 11.6 Å². The van der Waals surface area contributed by atoms with E-state index in [4.69, 9.17) is 11.6 Å². The molecule has 9 heteroatoms. The molecular formula is C22H17ClN4O4. The van der Waals surface area contributed by atoms with Crippen LogP contribution in [-0.2, 0) is 4.79 Å². The van der Waals surface area contributed by atoms with Gasteiger partial charge >= 0.3 is 5.69 Å². The molecule has 8 nitrogen and oxygen atoms in total. The van der Waals surface area contributed by atoms with Crippen LogP contribution in [0.2, 0.25) is 5.02 Å². The summed E-state index contributed by atoms with van der Waals surface area (Å²) >= 11 is 6.00. The minimum Gasteiger partial charge on any atom is -0.494 e. The summed E-state index contributed by atoms with van der Waals surface area (Å²) in [6, 6.07) is 13.4. The van der Waals surface area contributed by atoms with Gasteiger partial charge in [0.25, 0.3) is 11.5 Å². The molecule has 2 aromatic carbocycles. The number of amides is 1.